The molecule has 5 nitrogen and oxygen atoms in total. The number of aromatic nitrogens is 2. The number of nitrogens with one attached hydrogen (secondary N) is 2. The number of H-pyrrole nitrogens is 1. The summed E-state index contributed by atoms with van der Waals surface area (Å²) in [6.07, 6.45) is 4.16. The van der Waals surface area contributed by atoms with Gasteiger partial charge in [0, 0.05) is 5.69 Å². The number of hydrogen-bond donors (Lipinski definition) is 3. The Hall–Kier alpha value is -1.36. The summed E-state index contributed by atoms with van der Waals surface area (Å²) < 4.78 is 0. The van der Waals surface area contributed by atoms with Crippen molar-refractivity contribution in [2.75, 3.05) is 0 Å². The molecule has 1 aliphatic carbocycles. The molecule has 5 heteroatoms. The van der Waals surface area contributed by atoms with E-state index in [1.54, 1.807) is 6.07 Å². The molecule has 0 saturated heterocycles. The molecule has 19 heavy (non-hydrogen) atoms. The van der Waals surface area contributed by atoms with Gasteiger partial charge in [-0.25, -0.2) is 0 Å². The lowest BCUT2D eigenvalue weighted by atomic mass is 9.92. The first kappa shape index (κ1) is 14.1. The normalized spacial score (nSPS) is 23.6. The van der Waals surface area contributed by atoms with E-state index in [9.17, 15) is 9.90 Å². The first-order chi connectivity index (χ1) is 9.06. The molecular weight excluding hydrogens is 242 g/mol. The van der Waals surface area contributed by atoms with Gasteiger partial charge in [0.25, 0.3) is 5.91 Å². The summed E-state index contributed by atoms with van der Waals surface area (Å²) in [6, 6.07) is 1.66. The van der Waals surface area contributed by atoms with E-state index in [1.165, 1.54) is 0 Å². The maximum Gasteiger partial charge on any atom is 0.272 e. The summed E-state index contributed by atoms with van der Waals surface area (Å²) in [5.41, 5.74) is 1.39. The lowest BCUT2D eigenvalue weighted by molar-refractivity contribution is 0.0713. The Bertz CT molecular complexity index is 428. The Morgan fingerprint density at radius 3 is 2.95 bits per heavy atom. The topological polar surface area (TPSA) is 78.0 Å². The van der Waals surface area contributed by atoms with Gasteiger partial charge in [0.1, 0.15) is 5.69 Å². The number of aromatic amines is 1. The standard InChI is InChI=1S/C14H23N3O2/c1-9(2)7-10-8-12(17-16-10)14(19)15-11-5-3-4-6-13(11)18/h8-9,11,13,18H,3-7H2,1-2H3,(H,15,19)(H,16,17). The second-order valence-electron chi connectivity index (χ2n) is 5.81. The fraction of sp³-hybridized carbons (Fsp3) is 0.714. The number of amides is 1. The lowest BCUT2D eigenvalue weighted by Crippen LogP contribution is -2.45. The van der Waals surface area contributed by atoms with E-state index in [-0.39, 0.29) is 11.9 Å². The summed E-state index contributed by atoms with van der Waals surface area (Å²) in [5, 5.41) is 19.7. The van der Waals surface area contributed by atoms with Crippen molar-refractivity contribution in [3.05, 3.63) is 17.5 Å². The van der Waals surface area contributed by atoms with Crippen molar-refractivity contribution in [3.63, 3.8) is 0 Å². The highest BCUT2D eigenvalue weighted by Crippen LogP contribution is 2.18. The van der Waals surface area contributed by atoms with Gasteiger partial charge >= 0.3 is 0 Å². The van der Waals surface area contributed by atoms with Crippen LogP contribution in [0, 0.1) is 5.92 Å². The molecule has 1 heterocycles. The number of aliphatic hydroxyl groups is 1. The van der Waals surface area contributed by atoms with E-state index < -0.39 is 6.10 Å². The van der Waals surface area contributed by atoms with Crippen molar-refractivity contribution in [3.8, 4) is 0 Å². The van der Waals surface area contributed by atoms with E-state index in [0.717, 1.165) is 37.8 Å². The van der Waals surface area contributed by atoms with Crippen LogP contribution in [-0.4, -0.2) is 33.4 Å². The quantitative estimate of drug-likeness (QED) is 0.774. The minimum atomic E-state index is -0.424. The number of aliphatic hydroxyl groups excluding tert-OH is 1. The average molecular weight is 265 g/mol. The van der Waals surface area contributed by atoms with Gasteiger partial charge in [0.05, 0.1) is 12.1 Å². The summed E-state index contributed by atoms with van der Waals surface area (Å²) in [4.78, 5) is 12.1. The number of carbonyl (C=O) groups is 1. The second kappa shape index (κ2) is 6.19. The first-order valence-corrected chi connectivity index (χ1v) is 7.09. The SMILES string of the molecule is CC(C)Cc1cc(C(=O)NC2CCCCC2O)n[nH]1. The van der Waals surface area contributed by atoms with Gasteiger partial charge in [-0.2, -0.15) is 5.10 Å². The van der Waals surface area contributed by atoms with Gasteiger partial charge in [0.15, 0.2) is 0 Å². The van der Waals surface area contributed by atoms with E-state index in [4.69, 9.17) is 0 Å². The Labute approximate surface area is 113 Å². The molecule has 2 atom stereocenters. The highest BCUT2D eigenvalue weighted by molar-refractivity contribution is 5.92. The number of nitrogens with zero attached hydrogens (tertiary/aromatic N) is 1. The zero-order valence-corrected chi connectivity index (χ0v) is 11.6. The molecular formula is C14H23N3O2. The summed E-state index contributed by atoms with van der Waals surface area (Å²) in [6.45, 7) is 4.25. The summed E-state index contributed by atoms with van der Waals surface area (Å²) >= 11 is 0. The van der Waals surface area contributed by atoms with Crippen molar-refractivity contribution >= 4 is 5.91 Å². The Morgan fingerprint density at radius 1 is 1.53 bits per heavy atom. The molecule has 1 fully saturated rings. The monoisotopic (exact) mass is 265 g/mol. The molecule has 0 aliphatic heterocycles. The predicted molar refractivity (Wildman–Crippen MR) is 72.9 cm³/mol. The molecule has 2 rings (SSSR count). The molecule has 0 aromatic carbocycles. The minimum absolute atomic E-state index is 0.133. The van der Waals surface area contributed by atoms with Crippen molar-refractivity contribution in [1.82, 2.24) is 15.5 Å². The van der Waals surface area contributed by atoms with Crippen molar-refractivity contribution in [2.45, 2.75) is 58.1 Å². The zero-order chi connectivity index (χ0) is 13.8. The largest absolute Gasteiger partial charge is 0.391 e. The van der Waals surface area contributed by atoms with Crippen molar-refractivity contribution in [1.29, 1.82) is 0 Å². The zero-order valence-electron chi connectivity index (χ0n) is 11.6. The van der Waals surface area contributed by atoms with Gasteiger partial charge in [-0.3, -0.25) is 9.89 Å². The molecule has 0 radical (unpaired) electrons. The fourth-order valence-corrected chi connectivity index (χ4v) is 2.54. The number of rotatable bonds is 4. The molecule has 2 unspecified atom stereocenters. The van der Waals surface area contributed by atoms with E-state index in [0.29, 0.717) is 11.6 Å². The maximum atomic E-state index is 12.1. The highest BCUT2D eigenvalue weighted by atomic mass is 16.3. The van der Waals surface area contributed by atoms with Crippen LogP contribution < -0.4 is 5.32 Å². The average Bonchev–Trinajstić information content (AvgIpc) is 2.79. The van der Waals surface area contributed by atoms with Gasteiger partial charge in [-0.05, 0) is 31.2 Å². The maximum absolute atomic E-state index is 12.1. The molecule has 3 N–H and O–H groups in total. The second-order valence-corrected chi connectivity index (χ2v) is 5.81. The molecule has 0 spiro atoms. The van der Waals surface area contributed by atoms with Gasteiger partial charge in [-0.15, -0.1) is 0 Å². The molecule has 0 bridgehead atoms. The Balaban J connectivity index is 1.93. The smallest absolute Gasteiger partial charge is 0.272 e. The van der Waals surface area contributed by atoms with Crippen LogP contribution in [-0.2, 0) is 6.42 Å². The van der Waals surface area contributed by atoms with Crippen molar-refractivity contribution in [2.24, 2.45) is 5.92 Å². The van der Waals surface area contributed by atoms with Crippen LogP contribution in [0.25, 0.3) is 0 Å². The number of carbonyl (C=O) groups excluding carboxylic acids is 1. The third-order valence-electron chi connectivity index (χ3n) is 3.54. The van der Waals surface area contributed by atoms with Gasteiger partial charge in [-0.1, -0.05) is 26.7 Å². The highest BCUT2D eigenvalue weighted by Gasteiger charge is 2.25. The first-order valence-electron chi connectivity index (χ1n) is 7.09. The van der Waals surface area contributed by atoms with E-state index in [2.05, 4.69) is 29.4 Å². The van der Waals surface area contributed by atoms with E-state index >= 15 is 0 Å². The lowest BCUT2D eigenvalue weighted by Gasteiger charge is -2.27. The van der Waals surface area contributed by atoms with Crippen LogP contribution in [0.2, 0.25) is 0 Å². The van der Waals surface area contributed by atoms with E-state index in [1.807, 2.05) is 0 Å². The molecule has 1 aliphatic rings. The van der Waals surface area contributed by atoms with Crippen LogP contribution in [0.5, 0.6) is 0 Å². The van der Waals surface area contributed by atoms with Crippen LogP contribution in [0.1, 0.15) is 55.7 Å². The Kier molecular flexibility index (Phi) is 4.58. The van der Waals surface area contributed by atoms with Crippen molar-refractivity contribution < 1.29 is 9.90 Å². The number of hydrogen-bond acceptors (Lipinski definition) is 3. The molecule has 1 aromatic heterocycles. The van der Waals surface area contributed by atoms with Crippen LogP contribution in [0.15, 0.2) is 6.07 Å². The van der Waals surface area contributed by atoms with Gasteiger partial charge < -0.3 is 10.4 Å². The molecule has 1 aromatic rings. The van der Waals surface area contributed by atoms with Crippen LogP contribution >= 0.6 is 0 Å². The minimum Gasteiger partial charge on any atom is -0.391 e. The molecule has 1 amide bonds. The predicted octanol–water partition coefficient (Wildman–Crippen LogP) is 1.64. The third-order valence-corrected chi connectivity index (χ3v) is 3.54. The summed E-state index contributed by atoms with van der Waals surface area (Å²) in [7, 11) is 0. The van der Waals surface area contributed by atoms with Crippen LogP contribution in [0.4, 0.5) is 0 Å². The van der Waals surface area contributed by atoms with Crippen LogP contribution in [0.3, 0.4) is 0 Å². The third kappa shape index (κ3) is 3.80. The Morgan fingerprint density at radius 2 is 2.26 bits per heavy atom. The fourth-order valence-electron chi connectivity index (χ4n) is 2.54. The summed E-state index contributed by atoms with van der Waals surface area (Å²) in [5.74, 6) is 0.328. The van der Waals surface area contributed by atoms with Gasteiger partial charge in [0.2, 0.25) is 0 Å². The molecule has 106 valence electrons. The molecule has 1 saturated carbocycles.